The summed E-state index contributed by atoms with van der Waals surface area (Å²) < 4.78 is 0. The van der Waals surface area contributed by atoms with Crippen molar-refractivity contribution >= 4 is 5.78 Å². The van der Waals surface area contributed by atoms with Gasteiger partial charge < -0.3 is 20.4 Å². The maximum absolute atomic E-state index is 13.3. The first-order chi connectivity index (χ1) is 12.3. The largest absolute Gasteiger partial charge is 0.394 e. The second kappa shape index (κ2) is 6.09. The number of hydrogen-bond acceptors (Lipinski definition) is 7. The Balaban J connectivity index is 1.69. The molecule has 2 unspecified atom stereocenters. The van der Waals surface area contributed by atoms with Crippen molar-refractivity contribution in [3.05, 3.63) is 35.9 Å². The SMILES string of the molecule is CC12CN3CC(c4ccccc4)(CN(C1)C3[C@@H](O)[C@@H](O)[C@@H](O)CO)C2=O. The number of carbonyl (C=O) groups is 1. The predicted molar refractivity (Wildman–Crippen MR) is 93.3 cm³/mol. The lowest BCUT2D eigenvalue weighted by Gasteiger charge is -2.66. The van der Waals surface area contributed by atoms with Gasteiger partial charge in [-0.05, 0) is 5.56 Å². The highest BCUT2D eigenvalue weighted by Gasteiger charge is 2.65. The molecular formula is C19H26N2O5. The van der Waals surface area contributed by atoms with Crippen molar-refractivity contribution in [3.8, 4) is 0 Å². The van der Waals surface area contributed by atoms with Crippen LogP contribution in [0.3, 0.4) is 0 Å². The predicted octanol–water partition coefficient (Wildman–Crippen LogP) is -1.45. The molecule has 0 saturated carbocycles. The van der Waals surface area contributed by atoms with Crippen molar-refractivity contribution < 1.29 is 25.2 Å². The Morgan fingerprint density at radius 3 is 2.19 bits per heavy atom. The third kappa shape index (κ3) is 2.39. The Morgan fingerprint density at radius 1 is 1.08 bits per heavy atom. The zero-order valence-corrected chi connectivity index (χ0v) is 14.8. The van der Waals surface area contributed by atoms with Crippen LogP contribution >= 0.6 is 0 Å². The number of ketones is 1. The van der Waals surface area contributed by atoms with Crippen LogP contribution in [-0.2, 0) is 10.2 Å². The van der Waals surface area contributed by atoms with Crippen LogP contribution in [0.25, 0.3) is 0 Å². The van der Waals surface area contributed by atoms with Crippen molar-refractivity contribution in [2.45, 2.75) is 36.8 Å². The topological polar surface area (TPSA) is 104 Å². The van der Waals surface area contributed by atoms with Gasteiger partial charge in [-0.15, -0.1) is 0 Å². The van der Waals surface area contributed by atoms with E-state index in [4.69, 9.17) is 5.11 Å². The highest BCUT2D eigenvalue weighted by Crippen LogP contribution is 2.50. The van der Waals surface area contributed by atoms with Gasteiger partial charge in [-0.3, -0.25) is 14.6 Å². The summed E-state index contributed by atoms with van der Waals surface area (Å²) in [6.45, 7) is 3.33. The van der Waals surface area contributed by atoms with Gasteiger partial charge in [-0.2, -0.15) is 0 Å². The quantitative estimate of drug-likeness (QED) is 0.508. The maximum Gasteiger partial charge on any atom is 0.154 e. The van der Waals surface area contributed by atoms with E-state index in [1.54, 1.807) is 0 Å². The summed E-state index contributed by atoms with van der Waals surface area (Å²) >= 11 is 0. The number of benzene rings is 1. The van der Waals surface area contributed by atoms with Gasteiger partial charge in [0.05, 0.1) is 23.6 Å². The van der Waals surface area contributed by atoms with Crippen molar-refractivity contribution in [2.24, 2.45) is 5.41 Å². The Labute approximate surface area is 152 Å². The molecule has 7 heteroatoms. The molecule has 5 rings (SSSR count). The average molecular weight is 362 g/mol. The Hall–Kier alpha value is -1.35. The molecule has 0 radical (unpaired) electrons. The van der Waals surface area contributed by atoms with E-state index in [1.807, 2.05) is 47.1 Å². The number of aliphatic hydroxyl groups excluding tert-OH is 4. The molecule has 1 aromatic carbocycles. The number of aliphatic hydroxyl groups is 4. The van der Waals surface area contributed by atoms with Crippen LogP contribution in [-0.4, -0.2) is 93.3 Å². The van der Waals surface area contributed by atoms with Crippen LogP contribution < -0.4 is 0 Å². The van der Waals surface area contributed by atoms with Crippen LogP contribution in [0.1, 0.15) is 12.5 Å². The number of piperidine rings is 2. The molecular weight excluding hydrogens is 336 g/mol. The van der Waals surface area contributed by atoms with Crippen molar-refractivity contribution in [1.29, 1.82) is 0 Å². The van der Waals surface area contributed by atoms with E-state index in [1.165, 1.54) is 0 Å². The summed E-state index contributed by atoms with van der Waals surface area (Å²) in [6.07, 6.45) is -4.56. The number of Topliss-reactive ketones (excluding diaryl/α,β-unsaturated/α-hetero) is 1. The van der Waals surface area contributed by atoms with Crippen LogP contribution in [0.15, 0.2) is 30.3 Å². The van der Waals surface area contributed by atoms with Gasteiger partial charge in [0.15, 0.2) is 5.78 Å². The van der Waals surface area contributed by atoms with Gasteiger partial charge in [0.25, 0.3) is 0 Å². The zero-order valence-electron chi connectivity index (χ0n) is 14.8. The van der Waals surface area contributed by atoms with E-state index in [0.717, 1.165) is 5.56 Å². The second-order valence-corrected chi connectivity index (χ2v) is 8.29. The molecule has 5 atom stereocenters. The summed E-state index contributed by atoms with van der Waals surface area (Å²) in [7, 11) is 0. The van der Waals surface area contributed by atoms with E-state index in [-0.39, 0.29) is 5.78 Å². The van der Waals surface area contributed by atoms with Crippen molar-refractivity contribution in [1.82, 2.24) is 9.80 Å². The maximum atomic E-state index is 13.3. The first-order valence-electron chi connectivity index (χ1n) is 9.06. The standard InChI is InChI=1S/C19H26N2O5/c1-18-8-20-10-19(17(18)26,12-5-3-2-4-6-12)11-21(9-18)16(20)15(25)14(24)13(23)7-22/h2-6,13-16,22-25H,7-11H2,1H3/t13-,14-,15-,16?,18?,19?/m0/s1. The fourth-order valence-corrected chi connectivity index (χ4v) is 5.29. The summed E-state index contributed by atoms with van der Waals surface area (Å²) in [6, 6.07) is 9.75. The molecule has 4 aliphatic rings. The molecule has 7 nitrogen and oxygen atoms in total. The fraction of sp³-hybridized carbons (Fsp3) is 0.632. The Kier molecular flexibility index (Phi) is 4.22. The molecule has 0 aliphatic carbocycles. The van der Waals surface area contributed by atoms with Gasteiger partial charge in [-0.25, -0.2) is 0 Å². The van der Waals surface area contributed by atoms with E-state index in [2.05, 4.69) is 0 Å². The highest BCUT2D eigenvalue weighted by atomic mass is 16.4. The Bertz CT molecular complexity index is 680. The van der Waals surface area contributed by atoms with Crippen LogP contribution in [0.2, 0.25) is 0 Å². The normalized spacial score (nSPS) is 41.9. The molecule has 4 heterocycles. The van der Waals surface area contributed by atoms with E-state index >= 15 is 0 Å². The molecule has 4 saturated heterocycles. The minimum absolute atomic E-state index is 0.243. The second-order valence-electron chi connectivity index (χ2n) is 8.29. The number of rotatable bonds is 5. The zero-order chi connectivity index (χ0) is 18.7. The molecule has 1 aromatic rings. The molecule has 26 heavy (non-hydrogen) atoms. The summed E-state index contributed by atoms with van der Waals surface area (Å²) in [5, 5.41) is 39.7. The summed E-state index contributed by atoms with van der Waals surface area (Å²) in [5.41, 5.74) is -0.179. The van der Waals surface area contributed by atoms with E-state index < -0.39 is 41.9 Å². The molecule has 4 N–H and O–H groups in total. The lowest BCUT2D eigenvalue weighted by molar-refractivity contribution is -0.216. The first kappa shape index (κ1) is 18.0. The van der Waals surface area contributed by atoms with Crippen LogP contribution in [0, 0.1) is 5.41 Å². The molecule has 4 fully saturated rings. The average Bonchev–Trinajstić information content (AvgIpc) is 2.64. The summed E-state index contributed by atoms with van der Waals surface area (Å²) in [4.78, 5) is 17.4. The van der Waals surface area contributed by atoms with Gasteiger partial charge in [0, 0.05) is 26.2 Å². The summed E-state index contributed by atoms with van der Waals surface area (Å²) in [5.74, 6) is 0.243. The van der Waals surface area contributed by atoms with Gasteiger partial charge in [-0.1, -0.05) is 37.3 Å². The number of hydrogen-bond donors (Lipinski definition) is 4. The van der Waals surface area contributed by atoms with Gasteiger partial charge in [0.2, 0.25) is 0 Å². The molecule has 0 amide bonds. The first-order valence-corrected chi connectivity index (χ1v) is 9.06. The van der Waals surface area contributed by atoms with E-state index in [9.17, 15) is 20.1 Å². The molecule has 0 aromatic heterocycles. The monoisotopic (exact) mass is 362 g/mol. The fourth-order valence-electron chi connectivity index (χ4n) is 5.29. The van der Waals surface area contributed by atoms with E-state index in [0.29, 0.717) is 26.2 Å². The molecule has 4 bridgehead atoms. The lowest BCUT2D eigenvalue weighted by Crippen LogP contribution is -2.82. The highest BCUT2D eigenvalue weighted by molar-refractivity contribution is 5.97. The molecule has 142 valence electrons. The Morgan fingerprint density at radius 2 is 1.65 bits per heavy atom. The minimum Gasteiger partial charge on any atom is -0.394 e. The van der Waals surface area contributed by atoms with Crippen molar-refractivity contribution in [3.63, 3.8) is 0 Å². The lowest BCUT2D eigenvalue weighted by atomic mass is 9.58. The number of carbonyl (C=O) groups excluding carboxylic acids is 1. The third-order valence-electron chi connectivity index (χ3n) is 6.34. The molecule has 0 spiro atoms. The smallest absolute Gasteiger partial charge is 0.154 e. The minimum atomic E-state index is -1.45. The van der Waals surface area contributed by atoms with Crippen molar-refractivity contribution in [2.75, 3.05) is 32.8 Å². The van der Waals surface area contributed by atoms with Crippen LogP contribution in [0.5, 0.6) is 0 Å². The third-order valence-corrected chi connectivity index (χ3v) is 6.34. The van der Waals surface area contributed by atoms with Gasteiger partial charge >= 0.3 is 0 Å². The number of nitrogens with zero attached hydrogens (tertiary/aromatic N) is 2. The molecule has 4 aliphatic heterocycles. The van der Waals surface area contributed by atoms with Gasteiger partial charge in [0.1, 0.15) is 18.3 Å². The van der Waals surface area contributed by atoms with Crippen LogP contribution in [0.4, 0.5) is 0 Å².